The van der Waals surface area contributed by atoms with Gasteiger partial charge in [0.25, 0.3) is 0 Å². The van der Waals surface area contributed by atoms with E-state index >= 15 is 0 Å². The zero-order valence-corrected chi connectivity index (χ0v) is 10.3. The van der Waals surface area contributed by atoms with Crippen molar-refractivity contribution in [1.82, 2.24) is 5.01 Å². The molecule has 0 aromatic heterocycles. The number of benzene rings is 1. The monoisotopic (exact) mass is 244 g/mol. The summed E-state index contributed by atoms with van der Waals surface area (Å²) in [6, 6.07) is 7.07. The molecule has 0 fully saturated rings. The molecule has 2 rings (SSSR count). The zero-order chi connectivity index (χ0) is 13.0. The van der Waals surface area contributed by atoms with E-state index in [-0.39, 0.29) is 11.5 Å². The minimum absolute atomic E-state index is 0.0616. The summed E-state index contributed by atoms with van der Waals surface area (Å²) in [5.74, 6) is 0.306. The molecule has 18 heavy (non-hydrogen) atoms. The smallest absolute Gasteiger partial charge is 0.176 e. The Labute approximate surface area is 106 Å². The first-order valence-corrected chi connectivity index (χ1v) is 5.98. The van der Waals surface area contributed by atoms with E-state index in [9.17, 15) is 9.90 Å². The number of rotatable bonds is 3. The third kappa shape index (κ3) is 3.20. The maximum absolute atomic E-state index is 11.5. The number of nitrogens with zero attached hydrogens (tertiary/aromatic N) is 2. The minimum atomic E-state index is 0.0616. The summed E-state index contributed by atoms with van der Waals surface area (Å²) in [6.07, 6.45) is 3.92. The average Bonchev–Trinajstić information content (AvgIpc) is 2.51. The number of carbonyl (C=O) groups excluding carboxylic acids is 1. The van der Waals surface area contributed by atoms with Gasteiger partial charge in [-0.15, -0.1) is 0 Å². The van der Waals surface area contributed by atoms with E-state index in [1.165, 1.54) is 0 Å². The highest BCUT2D eigenvalue weighted by atomic mass is 16.3. The minimum Gasteiger partial charge on any atom is -0.508 e. The van der Waals surface area contributed by atoms with Crippen LogP contribution in [0.5, 0.6) is 5.75 Å². The van der Waals surface area contributed by atoms with Crippen molar-refractivity contribution in [3.05, 3.63) is 42.0 Å². The summed E-state index contributed by atoms with van der Waals surface area (Å²) in [7, 11) is 0. The second-order valence-corrected chi connectivity index (χ2v) is 4.22. The summed E-state index contributed by atoms with van der Waals surface area (Å²) < 4.78 is 0. The van der Waals surface area contributed by atoms with Crippen molar-refractivity contribution in [2.75, 3.05) is 13.1 Å². The van der Waals surface area contributed by atoms with Gasteiger partial charge in [-0.05, 0) is 36.8 Å². The number of aromatic hydroxyl groups is 1. The number of allylic oxidation sites excluding steroid dienone is 1. The van der Waals surface area contributed by atoms with Gasteiger partial charge >= 0.3 is 0 Å². The largest absolute Gasteiger partial charge is 0.508 e. The molecule has 1 aromatic carbocycles. The average molecular weight is 244 g/mol. The Bertz CT molecular complexity index is 506. The Balaban J connectivity index is 2.18. The van der Waals surface area contributed by atoms with Crippen LogP contribution in [0.25, 0.3) is 0 Å². The van der Waals surface area contributed by atoms with Crippen LogP contribution in [0.15, 0.2) is 41.5 Å². The molecule has 4 heteroatoms. The molecule has 4 nitrogen and oxygen atoms in total. The maximum Gasteiger partial charge on any atom is 0.176 e. The van der Waals surface area contributed by atoms with Crippen molar-refractivity contribution in [1.29, 1.82) is 0 Å². The van der Waals surface area contributed by atoms with Crippen molar-refractivity contribution in [2.45, 2.75) is 13.3 Å². The van der Waals surface area contributed by atoms with Gasteiger partial charge in [-0.2, -0.15) is 5.10 Å². The standard InChI is InChI=1S/C14H16N2O2/c1-2-16-10-14(18)7-6-12(15-16)8-11-4-3-5-13(17)9-11/h3-7,9,17H,2,8,10H2,1H3. The van der Waals surface area contributed by atoms with Crippen LogP contribution >= 0.6 is 0 Å². The number of carbonyl (C=O) groups is 1. The molecule has 0 spiro atoms. The predicted molar refractivity (Wildman–Crippen MR) is 70.6 cm³/mol. The number of likely N-dealkylation sites (N-methyl/N-ethyl adjacent to an activating group) is 1. The lowest BCUT2D eigenvalue weighted by Gasteiger charge is -2.14. The van der Waals surface area contributed by atoms with Crippen LogP contribution in [0.1, 0.15) is 12.5 Å². The van der Waals surface area contributed by atoms with Crippen molar-refractivity contribution in [2.24, 2.45) is 5.10 Å². The Morgan fingerprint density at radius 3 is 2.94 bits per heavy atom. The lowest BCUT2D eigenvalue weighted by molar-refractivity contribution is -0.115. The fraction of sp³-hybridized carbons (Fsp3) is 0.286. The third-order valence-corrected chi connectivity index (χ3v) is 2.73. The van der Waals surface area contributed by atoms with Gasteiger partial charge in [-0.3, -0.25) is 9.80 Å². The first-order chi connectivity index (χ1) is 8.67. The number of phenols is 1. The molecule has 0 saturated heterocycles. The van der Waals surface area contributed by atoms with Gasteiger partial charge in [0.1, 0.15) is 5.75 Å². The fourth-order valence-electron chi connectivity index (χ4n) is 1.82. The highest BCUT2D eigenvalue weighted by Gasteiger charge is 2.10. The summed E-state index contributed by atoms with van der Waals surface area (Å²) in [4.78, 5) is 11.5. The molecule has 0 aliphatic carbocycles. The van der Waals surface area contributed by atoms with Crippen LogP contribution < -0.4 is 0 Å². The molecule has 0 saturated carbocycles. The molecule has 0 atom stereocenters. The van der Waals surface area contributed by atoms with Gasteiger partial charge in [-0.1, -0.05) is 12.1 Å². The van der Waals surface area contributed by atoms with Crippen LogP contribution in [0, 0.1) is 0 Å². The molecule has 0 bridgehead atoms. The number of hydrogen-bond acceptors (Lipinski definition) is 4. The molecule has 1 aliphatic heterocycles. The van der Waals surface area contributed by atoms with Crippen LogP contribution in [0.3, 0.4) is 0 Å². The second-order valence-electron chi connectivity index (χ2n) is 4.22. The molecular weight excluding hydrogens is 228 g/mol. The topological polar surface area (TPSA) is 52.9 Å². The van der Waals surface area contributed by atoms with E-state index in [4.69, 9.17) is 0 Å². The SMILES string of the molecule is CCN1CC(=O)C=CC(Cc2cccc(O)c2)=N1. The van der Waals surface area contributed by atoms with E-state index in [0.29, 0.717) is 19.5 Å². The molecule has 0 amide bonds. The molecular formula is C14H16N2O2. The quantitative estimate of drug-likeness (QED) is 0.881. The van der Waals surface area contributed by atoms with E-state index in [1.807, 2.05) is 13.0 Å². The van der Waals surface area contributed by atoms with Gasteiger partial charge in [-0.25, -0.2) is 0 Å². The predicted octanol–water partition coefficient (Wildman–Crippen LogP) is 1.75. The summed E-state index contributed by atoms with van der Waals surface area (Å²) >= 11 is 0. The van der Waals surface area contributed by atoms with Crippen molar-refractivity contribution < 1.29 is 9.90 Å². The van der Waals surface area contributed by atoms with Crippen LogP contribution in [-0.4, -0.2) is 34.7 Å². The van der Waals surface area contributed by atoms with Crippen LogP contribution in [-0.2, 0) is 11.2 Å². The van der Waals surface area contributed by atoms with Crippen molar-refractivity contribution >= 4 is 11.5 Å². The molecule has 0 radical (unpaired) electrons. The van der Waals surface area contributed by atoms with Gasteiger partial charge in [0, 0.05) is 13.0 Å². The lowest BCUT2D eigenvalue weighted by atomic mass is 10.1. The van der Waals surface area contributed by atoms with E-state index < -0.39 is 0 Å². The normalized spacial score (nSPS) is 15.5. The molecule has 0 unspecified atom stereocenters. The van der Waals surface area contributed by atoms with Crippen LogP contribution in [0.2, 0.25) is 0 Å². The first kappa shape index (κ1) is 12.4. The second kappa shape index (κ2) is 5.49. The zero-order valence-electron chi connectivity index (χ0n) is 10.3. The molecule has 1 aliphatic rings. The number of hydrazone groups is 1. The number of phenolic OH excluding ortho intramolecular Hbond substituents is 1. The molecule has 1 N–H and O–H groups in total. The van der Waals surface area contributed by atoms with Crippen molar-refractivity contribution in [3.63, 3.8) is 0 Å². The van der Waals surface area contributed by atoms with E-state index in [0.717, 1.165) is 11.3 Å². The molecule has 1 heterocycles. The van der Waals surface area contributed by atoms with Gasteiger partial charge in [0.15, 0.2) is 5.78 Å². The van der Waals surface area contributed by atoms with Crippen molar-refractivity contribution in [3.8, 4) is 5.75 Å². The van der Waals surface area contributed by atoms with Gasteiger partial charge < -0.3 is 5.11 Å². The maximum atomic E-state index is 11.5. The van der Waals surface area contributed by atoms with Gasteiger partial charge in [0.05, 0.1) is 12.3 Å². The third-order valence-electron chi connectivity index (χ3n) is 2.73. The van der Waals surface area contributed by atoms with E-state index in [1.54, 1.807) is 35.4 Å². The highest BCUT2D eigenvalue weighted by molar-refractivity contribution is 6.03. The summed E-state index contributed by atoms with van der Waals surface area (Å²) in [5, 5.41) is 15.6. The molecule has 94 valence electrons. The lowest BCUT2D eigenvalue weighted by Crippen LogP contribution is -2.23. The highest BCUT2D eigenvalue weighted by Crippen LogP contribution is 2.13. The Hall–Kier alpha value is -2.10. The summed E-state index contributed by atoms with van der Waals surface area (Å²) in [5.41, 5.74) is 1.80. The Morgan fingerprint density at radius 1 is 1.39 bits per heavy atom. The summed E-state index contributed by atoms with van der Waals surface area (Å²) in [6.45, 7) is 3.00. The molecule has 1 aromatic rings. The number of hydrogen-bond donors (Lipinski definition) is 1. The van der Waals surface area contributed by atoms with Gasteiger partial charge in [0.2, 0.25) is 0 Å². The first-order valence-electron chi connectivity index (χ1n) is 5.98. The van der Waals surface area contributed by atoms with E-state index in [2.05, 4.69) is 5.10 Å². The Kier molecular flexibility index (Phi) is 3.77. The fourth-order valence-corrected chi connectivity index (χ4v) is 1.82. The van der Waals surface area contributed by atoms with Crippen LogP contribution in [0.4, 0.5) is 0 Å². The number of ketones is 1. The Morgan fingerprint density at radius 2 is 2.22 bits per heavy atom.